The first-order chi connectivity index (χ1) is 11.2. The molecule has 0 radical (unpaired) electrons. The van der Waals surface area contributed by atoms with Gasteiger partial charge in [0.25, 0.3) is 0 Å². The number of carboxylic acid groups (broad SMARTS) is 1. The number of aromatic nitrogens is 2. The van der Waals surface area contributed by atoms with Crippen LogP contribution in [0.4, 0.5) is 19.1 Å². The van der Waals surface area contributed by atoms with Crippen LogP contribution in [0.25, 0.3) is 0 Å². The number of benzene rings is 1. The van der Waals surface area contributed by atoms with Crippen LogP contribution in [0, 0.1) is 0 Å². The Kier molecular flexibility index (Phi) is 5.45. The molecular weight excluding hydrogens is 351 g/mol. The Morgan fingerprint density at radius 3 is 2.50 bits per heavy atom. The van der Waals surface area contributed by atoms with E-state index in [9.17, 15) is 18.0 Å². The van der Waals surface area contributed by atoms with Crippen molar-refractivity contribution in [2.45, 2.75) is 12.7 Å². The van der Waals surface area contributed by atoms with Crippen LogP contribution < -0.4 is 10.1 Å². The van der Waals surface area contributed by atoms with Gasteiger partial charge in [0.2, 0.25) is 11.8 Å². The summed E-state index contributed by atoms with van der Waals surface area (Å²) in [5, 5.41) is 11.7. The fourth-order valence-electron chi connectivity index (χ4n) is 1.64. The molecule has 0 aliphatic heterocycles. The zero-order valence-corrected chi connectivity index (χ0v) is 12.7. The molecule has 0 atom stereocenters. The van der Waals surface area contributed by atoms with Crippen molar-refractivity contribution in [1.29, 1.82) is 0 Å². The Morgan fingerprint density at radius 2 is 1.92 bits per heavy atom. The fraction of sp³-hybridized carbons (Fsp3) is 0.214. The minimum atomic E-state index is -4.72. The van der Waals surface area contributed by atoms with Crippen molar-refractivity contribution in [3.63, 3.8) is 0 Å². The van der Waals surface area contributed by atoms with E-state index in [0.29, 0.717) is 11.1 Å². The first-order valence-corrected chi connectivity index (χ1v) is 6.91. The molecule has 1 aromatic heterocycles. The summed E-state index contributed by atoms with van der Waals surface area (Å²) in [5.74, 6) is -2.16. The van der Waals surface area contributed by atoms with Crippen LogP contribution >= 0.6 is 11.6 Å². The van der Waals surface area contributed by atoms with Crippen LogP contribution in [0.1, 0.15) is 11.3 Å². The van der Waals surface area contributed by atoms with Crippen LogP contribution in [0.5, 0.6) is 5.88 Å². The molecule has 1 heterocycles. The van der Waals surface area contributed by atoms with Gasteiger partial charge in [0.15, 0.2) is 12.3 Å². The second-order valence-corrected chi connectivity index (χ2v) is 5.01. The third-order valence-corrected chi connectivity index (χ3v) is 2.95. The van der Waals surface area contributed by atoms with E-state index in [1.54, 1.807) is 24.3 Å². The zero-order chi connectivity index (χ0) is 17.7. The molecule has 0 unspecified atom stereocenters. The second kappa shape index (κ2) is 7.35. The van der Waals surface area contributed by atoms with Gasteiger partial charge in [-0.3, -0.25) is 0 Å². The van der Waals surface area contributed by atoms with E-state index in [2.05, 4.69) is 15.3 Å². The highest BCUT2D eigenvalue weighted by molar-refractivity contribution is 6.30. The first kappa shape index (κ1) is 17.8. The summed E-state index contributed by atoms with van der Waals surface area (Å²) in [6.07, 6.45) is -4.72. The number of carbonyl (C=O) groups is 1. The maximum Gasteiger partial charge on any atom is 0.433 e. The Balaban J connectivity index is 2.18. The molecule has 6 nitrogen and oxygen atoms in total. The molecule has 0 bridgehead atoms. The number of nitrogens with one attached hydrogen (secondary N) is 1. The van der Waals surface area contributed by atoms with Gasteiger partial charge in [-0.05, 0) is 17.7 Å². The molecule has 24 heavy (non-hydrogen) atoms. The predicted octanol–water partition coefficient (Wildman–Crippen LogP) is 3.22. The Bertz CT molecular complexity index is 723. The molecule has 0 fully saturated rings. The number of anilines is 1. The first-order valence-electron chi connectivity index (χ1n) is 6.53. The molecule has 2 rings (SSSR count). The summed E-state index contributed by atoms with van der Waals surface area (Å²) < 4.78 is 43.3. The lowest BCUT2D eigenvalue weighted by molar-refractivity contribution is -0.141. The maximum absolute atomic E-state index is 12.8. The highest BCUT2D eigenvalue weighted by Crippen LogP contribution is 2.30. The molecule has 0 spiro atoms. The molecule has 2 N–H and O–H groups in total. The van der Waals surface area contributed by atoms with Crippen molar-refractivity contribution in [1.82, 2.24) is 9.97 Å². The van der Waals surface area contributed by atoms with Crippen molar-refractivity contribution in [3.8, 4) is 5.88 Å². The average molecular weight is 362 g/mol. The highest BCUT2D eigenvalue weighted by Gasteiger charge is 2.34. The molecule has 0 saturated carbocycles. The molecule has 0 aliphatic carbocycles. The molecule has 2 aromatic rings. The van der Waals surface area contributed by atoms with E-state index >= 15 is 0 Å². The Labute approximate surface area is 139 Å². The predicted molar refractivity (Wildman–Crippen MR) is 78.9 cm³/mol. The number of carboxylic acids is 1. The Morgan fingerprint density at radius 1 is 1.25 bits per heavy atom. The lowest BCUT2D eigenvalue weighted by Crippen LogP contribution is -2.15. The van der Waals surface area contributed by atoms with Crippen molar-refractivity contribution >= 4 is 23.5 Å². The number of aliphatic carboxylic acids is 1. The number of rotatable bonds is 6. The van der Waals surface area contributed by atoms with E-state index in [-0.39, 0.29) is 12.5 Å². The lowest BCUT2D eigenvalue weighted by Gasteiger charge is -2.11. The molecule has 10 heteroatoms. The van der Waals surface area contributed by atoms with Crippen molar-refractivity contribution in [2.75, 3.05) is 11.9 Å². The van der Waals surface area contributed by atoms with Crippen molar-refractivity contribution in [3.05, 3.63) is 46.6 Å². The SMILES string of the molecule is O=C(O)COc1cc(C(F)(F)F)nc(NCc2ccc(Cl)cc2)n1. The number of hydrogen-bond donors (Lipinski definition) is 2. The topological polar surface area (TPSA) is 84.3 Å². The van der Waals surface area contributed by atoms with Crippen LogP contribution in [-0.4, -0.2) is 27.7 Å². The van der Waals surface area contributed by atoms with Gasteiger partial charge >= 0.3 is 12.1 Å². The summed E-state index contributed by atoms with van der Waals surface area (Å²) >= 11 is 5.75. The number of halogens is 4. The van der Waals surface area contributed by atoms with Gasteiger partial charge in [0, 0.05) is 17.6 Å². The number of nitrogens with zero attached hydrogens (tertiary/aromatic N) is 2. The maximum atomic E-state index is 12.8. The number of hydrogen-bond acceptors (Lipinski definition) is 5. The number of alkyl halides is 3. The fourth-order valence-corrected chi connectivity index (χ4v) is 1.77. The monoisotopic (exact) mass is 361 g/mol. The van der Waals surface area contributed by atoms with Crippen LogP contribution in [-0.2, 0) is 17.5 Å². The van der Waals surface area contributed by atoms with E-state index in [4.69, 9.17) is 21.4 Å². The molecule has 1 aromatic carbocycles. The van der Waals surface area contributed by atoms with Gasteiger partial charge < -0.3 is 15.2 Å². The summed E-state index contributed by atoms with van der Waals surface area (Å²) in [4.78, 5) is 17.5. The molecule has 0 saturated heterocycles. The van der Waals surface area contributed by atoms with E-state index < -0.39 is 30.3 Å². The average Bonchev–Trinajstić information content (AvgIpc) is 2.51. The van der Waals surface area contributed by atoms with Gasteiger partial charge in [-0.1, -0.05) is 23.7 Å². The van der Waals surface area contributed by atoms with Crippen LogP contribution in [0.2, 0.25) is 5.02 Å². The summed E-state index contributed by atoms with van der Waals surface area (Å²) in [6, 6.07) is 7.17. The summed E-state index contributed by atoms with van der Waals surface area (Å²) in [7, 11) is 0. The number of ether oxygens (including phenoxy) is 1. The molecule has 128 valence electrons. The third-order valence-electron chi connectivity index (χ3n) is 2.70. The molecule has 0 amide bonds. The smallest absolute Gasteiger partial charge is 0.433 e. The lowest BCUT2D eigenvalue weighted by atomic mass is 10.2. The van der Waals surface area contributed by atoms with Gasteiger partial charge in [-0.25, -0.2) is 9.78 Å². The largest absolute Gasteiger partial charge is 0.479 e. The van der Waals surface area contributed by atoms with Gasteiger partial charge in [-0.15, -0.1) is 0 Å². The van der Waals surface area contributed by atoms with Gasteiger partial charge in [0.05, 0.1) is 0 Å². The summed E-state index contributed by atoms with van der Waals surface area (Å²) in [6.45, 7) is -0.665. The van der Waals surface area contributed by atoms with E-state index in [1.807, 2.05) is 0 Å². The van der Waals surface area contributed by atoms with Crippen LogP contribution in [0.15, 0.2) is 30.3 Å². The zero-order valence-electron chi connectivity index (χ0n) is 12.0. The van der Waals surface area contributed by atoms with Crippen molar-refractivity contribution in [2.24, 2.45) is 0 Å². The second-order valence-electron chi connectivity index (χ2n) is 4.58. The van der Waals surface area contributed by atoms with Gasteiger partial charge in [0.1, 0.15) is 0 Å². The minimum Gasteiger partial charge on any atom is -0.479 e. The molecule has 0 aliphatic rings. The quantitative estimate of drug-likeness (QED) is 0.821. The molecular formula is C14H11ClF3N3O3. The third kappa shape index (κ3) is 5.27. The normalized spacial score (nSPS) is 11.2. The standard InChI is InChI=1S/C14H11ClF3N3O3/c15-9-3-1-8(2-4-9)6-19-13-20-10(14(16,17)18)5-11(21-13)24-7-12(22)23/h1-5H,6-7H2,(H,22,23)(H,19,20,21). The van der Waals surface area contributed by atoms with Gasteiger partial charge in [-0.2, -0.15) is 18.2 Å². The van der Waals surface area contributed by atoms with E-state index in [0.717, 1.165) is 5.56 Å². The summed E-state index contributed by atoms with van der Waals surface area (Å²) in [5.41, 5.74) is -0.495. The Hall–Kier alpha value is -2.55. The highest BCUT2D eigenvalue weighted by atomic mass is 35.5. The van der Waals surface area contributed by atoms with Crippen molar-refractivity contribution < 1.29 is 27.8 Å². The van der Waals surface area contributed by atoms with E-state index in [1.165, 1.54) is 0 Å². The van der Waals surface area contributed by atoms with Crippen LogP contribution in [0.3, 0.4) is 0 Å². The minimum absolute atomic E-state index is 0.150.